The molecule has 1 aliphatic heterocycles. The smallest absolute Gasteiger partial charge is 0.359 e. The van der Waals surface area contributed by atoms with Crippen LogP contribution in [0.2, 0.25) is 0 Å². The number of nitrogens with one attached hydrogen (secondary N) is 1. The molecule has 156 valence electrons. The van der Waals surface area contributed by atoms with Crippen molar-refractivity contribution >= 4 is 32.5 Å². The zero-order valence-electron chi connectivity index (χ0n) is 16.3. The Labute approximate surface area is 168 Å². The van der Waals surface area contributed by atoms with Gasteiger partial charge in [-0.1, -0.05) is 32.0 Å². The summed E-state index contributed by atoms with van der Waals surface area (Å²) in [4.78, 5) is 37.2. The lowest BCUT2D eigenvalue weighted by atomic mass is 10.1. The van der Waals surface area contributed by atoms with Crippen molar-refractivity contribution in [2.24, 2.45) is 5.92 Å². The minimum Gasteiger partial charge on any atom is -0.451 e. The zero-order valence-corrected chi connectivity index (χ0v) is 17.1. The summed E-state index contributed by atoms with van der Waals surface area (Å²) in [6.07, 6.45) is 0.342. The molecule has 0 spiro atoms. The first kappa shape index (κ1) is 21.0. The number of rotatable bonds is 6. The van der Waals surface area contributed by atoms with Gasteiger partial charge in [-0.15, -0.1) is 0 Å². The number of ether oxygens (including phenoxy) is 1. The van der Waals surface area contributed by atoms with Crippen LogP contribution in [0.15, 0.2) is 29.1 Å². The SMILES string of the molecule is CC(C)Cn1nc(C(=O)OCC(=O)N[C@H]2CCS(=O)(=O)C2)c2ccccc2c1=O. The van der Waals surface area contributed by atoms with E-state index in [0.29, 0.717) is 23.7 Å². The van der Waals surface area contributed by atoms with Gasteiger partial charge in [-0.05, 0) is 18.4 Å². The molecular weight excluding hydrogens is 398 g/mol. The van der Waals surface area contributed by atoms with Gasteiger partial charge >= 0.3 is 5.97 Å². The summed E-state index contributed by atoms with van der Waals surface area (Å²) in [6.45, 7) is 3.62. The second-order valence-electron chi connectivity index (χ2n) is 7.52. The van der Waals surface area contributed by atoms with Crippen molar-refractivity contribution in [1.82, 2.24) is 15.1 Å². The van der Waals surface area contributed by atoms with Crippen molar-refractivity contribution in [3.8, 4) is 0 Å². The van der Waals surface area contributed by atoms with Crippen LogP contribution in [0.4, 0.5) is 0 Å². The number of fused-ring (bicyclic) bond motifs is 1. The molecule has 1 aliphatic rings. The molecule has 9 nitrogen and oxygen atoms in total. The zero-order chi connectivity index (χ0) is 21.2. The molecule has 1 aromatic heterocycles. The van der Waals surface area contributed by atoms with E-state index in [0.717, 1.165) is 0 Å². The Bertz CT molecular complexity index is 1110. The Morgan fingerprint density at radius 2 is 1.97 bits per heavy atom. The largest absolute Gasteiger partial charge is 0.451 e. The number of nitrogens with zero attached hydrogens (tertiary/aromatic N) is 2. The van der Waals surface area contributed by atoms with Gasteiger partial charge < -0.3 is 10.1 Å². The van der Waals surface area contributed by atoms with Gasteiger partial charge in [0.1, 0.15) is 0 Å². The number of amides is 1. The summed E-state index contributed by atoms with van der Waals surface area (Å²) in [7, 11) is -3.12. The molecule has 2 heterocycles. The number of hydrogen-bond donors (Lipinski definition) is 1. The van der Waals surface area contributed by atoms with E-state index in [1.54, 1.807) is 24.3 Å². The normalized spacial score (nSPS) is 18.1. The predicted octanol–water partition coefficient (Wildman–Crippen LogP) is 0.513. The average Bonchev–Trinajstić information content (AvgIpc) is 3.00. The molecule has 2 aromatic rings. The second kappa shape index (κ2) is 8.32. The molecule has 1 amide bonds. The summed E-state index contributed by atoms with van der Waals surface area (Å²) in [6, 6.07) is 6.11. The first-order valence-corrected chi connectivity index (χ1v) is 11.1. The van der Waals surface area contributed by atoms with Crippen molar-refractivity contribution in [2.75, 3.05) is 18.1 Å². The number of sulfone groups is 1. The maximum absolute atomic E-state index is 12.6. The first-order valence-electron chi connectivity index (χ1n) is 9.33. The Morgan fingerprint density at radius 3 is 2.59 bits per heavy atom. The molecule has 1 saturated heterocycles. The van der Waals surface area contributed by atoms with Crippen molar-refractivity contribution in [3.05, 3.63) is 40.3 Å². The number of carbonyl (C=O) groups is 2. The quantitative estimate of drug-likeness (QED) is 0.674. The van der Waals surface area contributed by atoms with Gasteiger partial charge in [0.05, 0.1) is 16.9 Å². The van der Waals surface area contributed by atoms with Crippen LogP contribution in [0, 0.1) is 5.92 Å². The molecule has 0 bridgehead atoms. The van der Waals surface area contributed by atoms with Gasteiger partial charge in [0.2, 0.25) is 0 Å². The van der Waals surface area contributed by atoms with Gasteiger partial charge in [0.25, 0.3) is 11.5 Å². The van der Waals surface area contributed by atoms with E-state index >= 15 is 0 Å². The second-order valence-corrected chi connectivity index (χ2v) is 9.75. The minimum absolute atomic E-state index is 0.0328. The van der Waals surface area contributed by atoms with E-state index in [9.17, 15) is 22.8 Å². The average molecular weight is 421 g/mol. The summed E-state index contributed by atoms with van der Waals surface area (Å²) < 4.78 is 29.2. The highest BCUT2D eigenvalue weighted by atomic mass is 32.2. The number of esters is 1. The standard InChI is InChI=1S/C19H23N3O6S/c1-12(2)9-22-18(24)15-6-4-3-5-14(15)17(21-22)19(25)28-10-16(23)20-13-7-8-29(26,27)11-13/h3-6,12-13H,7-11H2,1-2H3,(H,20,23)/t13-/m0/s1. The third-order valence-electron chi connectivity index (χ3n) is 4.53. The fraction of sp³-hybridized carbons (Fsp3) is 0.474. The Balaban J connectivity index is 1.75. The lowest BCUT2D eigenvalue weighted by Gasteiger charge is -2.13. The van der Waals surface area contributed by atoms with Gasteiger partial charge in [-0.2, -0.15) is 5.10 Å². The Hall–Kier alpha value is -2.75. The Kier molecular flexibility index (Phi) is 6.02. The van der Waals surface area contributed by atoms with Crippen molar-refractivity contribution in [2.45, 2.75) is 32.9 Å². The predicted molar refractivity (Wildman–Crippen MR) is 106 cm³/mol. The topological polar surface area (TPSA) is 124 Å². The summed E-state index contributed by atoms with van der Waals surface area (Å²) >= 11 is 0. The molecular formula is C19H23N3O6S. The fourth-order valence-electron chi connectivity index (χ4n) is 3.23. The van der Waals surface area contributed by atoms with E-state index < -0.39 is 34.4 Å². The minimum atomic E-state index is -3.12. The molecule has 1 fully saturated rings. The maximum Gasteiger partial charge on any atom is 0.359 e. The lowest BCUT2D eigenvalue weighted by molar-refractivity contribution is -0.124. The molecule has 0 radical (unpaired) electrons. The first-order chi connectivity index (χ1) is 13.7. The van der Waals surface area contributed by atoms with Crippen molar-refractivity contribution < 1.29 is 22.7 Å². The van der Waals surface area contributed by atoms with Crippen LogP contribution >= 0.6 is 0 Å². The van der Waals surface area contributed by atoms with Crippen LogP contribution in [-0.2, 0) is 25.9 Å². The highest BCUT2D eigenvalue weighted by Gasteiger charge is 2.29. The molecule has 29 heavy (non-hydrogen) atoms. The monoisotopic (exact) mass is 421 g/mol. The number of aromatic nitrogens is 2. The van der Waals surface area contributed by atoms with E-state index in [4.69, 9.17) is 4.74 Å². The van der Waals surface area contributed by atoms with E-state index in [1.165, 1.54) is 4.68 Å². The Morgan fingerprint density at radius 1 is 1.28 bits per heavy atom. The molecule has 0 unspecified atom stereocenters. The van der Waals surface area contributed by atoms with Gasteiger partial charge in [-0.25, -0.2) is 17.9 Å². The summed E-state index contributed by atoms with van der Waals surface area (Å²) in [5.74, 6) is -1.35. The van der Waals surface area contributed by atoms with E-state index in [2.05, 4.69) is 10.4 Å². The van der Waals surface area contributed by atoms with Crippen LogP contribution in [-0.4, -0.2) is 54.2 Å². The van der Waals surface area contributed by atoms with E-state index in [1.807, 2.05) is 13.8 Å². The maximum atomic E-state index is 12.6. The third-order valence-corrected chi connectivity index (χ3v) is 6.30. The molecule has 1 N–H and O–H groups in total. The molecule has 1 atom stereocenters. The molecule has 1 aromatic carbocycles. The molecule has 3 rings (SSSR count). The highest BCUT2D eigenvalue weighted by Crippen LogP contribution is 2.15. The van der Waals surface area contributed by atoms with Crippen LogP contribution in [0.25, 0.3) is 10.8 Å². The van der Waals surface area contributed by atoms with Crippen LogP contribution in [0.5, 0.6) is 0 Å². The van der Waals surface area contributed by atoms with Crippen LogP contribution < -0.4 is 10.9 Å². The summed E-state index contributed by atoms with van der Waals surface area (Å²) in [5, 5.41) is 7.41. The third kappa shape index (κ3) is 5.00. The number of hydrogen-bond acceptors (Lipinski definition) is 7. The van der Waals surface area contributed by atoms with Crippen LogP contribution in [0.3, 0.4) is 0 Å². The number of benzene rings is 1. The summed E-state index contributed by atoms with van der Waals surface area (Å²) in [5.41, 5.74) is -0.344. The van der Waals surface area contributed by atoms with E-state index in [-0.39, 0.29) is 28.7 Å². The molecule has 10 heteroatoms. The lowest BCUT2D eigenvalue weighted by Crippen LogP contribution is -2.38. The van der Waals surface area contributed by atoms with Crippen LogP contribution in [0.1, 0.15) is 30.8 Å². The number of carbonyl (C=O) groups excluding carboxylic acids is 2. The van der Waals surface area contributed by atoms with Gasteiger partial charge in [0.15, 0.2) is 22.1 Å². The van der Waals surface area contributed by atoms with Crippen molar-refractivity contribution in [3.63, 3.8) is 0 Å². The van der Waals surface area contributed by atoms with Gasteiger partial charge in [-0.3, -0.25) is 9.59 Å². The molecule has 0 aliphatic carbocycles. The van der Waals surface area contributed by atoms with Crippen molar-refractivity contribution in [1.29, 1.82) is 0 Å². The highest BCUT2D eigenvalue weighted by molar-refractivity contribution is 7.91. The fourth-order valence-corrected chi connectivity index (χ4v) is 4.91. The van der Waals surface area contributed by atoms with Gasteiger partial charge in [0, 0.05) is 18.0 Å². The molecule has 0 saturated carbocycles.